The summed E-state index contributed by atoms with van der Waals surface area (Å²) in [6, 6.07) is 0. The summed E-state index contributed by atoms with van der Waals surface area (Å²) in [4.78, 5) is 21.6. The van der Waals surface area contributed by atoms with Crippen LogP contribution in [0.25, 0.3) is 0 Å². The van der Waals surface area contributed by atoms with Crippen LogP contribution in [0.4, 0.5) is 0 Å². The van der Waals surface area contributed by atoms with Crippen LogP contribution in [-0.4, -0.2) is 23.3 Å². The highest BCUT2D eigenvalue weighted by atomic mass is 16.3. The second-order valence-corrected chi connectivity index (χ2v) is 2.64. The van der Waals surface area contributed by atoms with Crippen LogP contribution in [0, 0.1) is 5.92 Å². The highest BCUT2D eigenvalue weighted by Crippen LogP contribution is 2.08. The van der Waals surface area contributed by atoms with Gasteiger partial charge in [-0.05, 0) is 26.7 Å². The van der Waals surface area contributed by atoms with Crippen molar-refractivity contribution in [1.29, 1.82) is 0 Å². The van der Waals surface area contributed by atoms with E-state index in [1.807, 2.05) is 0 Å². The first-order valence-corrected chi connectivity index (χ1v) is 3.71. The fourth-order valence-electron chi connectivity index (χ4n) is 0.988. The van der Waals surface area contributed by atoms with Crippen molar-refractivity contribution in [1.82, 2.24) is 0 Å². The summed E-state index contributed by atoms with van der Waals surface area (Å²) in [6.45, 7) is 2.85. The van der Waals surface area contributed by atoms with E-state index in [1.165, 1.54) is 13.8 Å². The summed E-state index contributed by atoms with van der Waals surface area (Å²) in [5, 5.41) is 8.46. The molecule has 3 heteroatoms. The van der Waals surface area contributed by atoms with Crippen LogP contribution in [-0.2, 0) is 9.59 Å². The van der Waals surface area contributed by atoms with E-state index in [2.05, 4.69) is 0 Å². The van der Waals surface area contributed by atoms with E-state index in [0.717, 1.165) is 0 Å². The molecule has 0 bridgehead atoms. The minimum atomic E-state index is -0.498. The van der Waals surface area contributed by atoms with Crippen LogP contribution in [0.5, 0.6) is 0 Å². The van der Waals surface area contributed by atoms with Crippen molar-refractivity contribution >= 4 is 11.6 Å². The van der Waals surface area contributed by atoms with Crippen molar-refractivity contribution in [3.63, 3.8) is 0 Å². The molecule has 0 saturated carbocycles. The van der Waals surface area contributed by atoms with Crippen LogP contribution < -0.4 is 0 Å². The summed E-state index contributed by atoms with van der Waals surface area (Å²) in [5.74, 6) is -0.709. The molecule has 0 aromatic heterocycles. The first kappa shape index (κ1) is 10.3. The lowest BCUT2D eigenvalue weighted by atomic mass is 9.96. The second-order valence-electron chi connectivity index (χ2n) is 2.64. The second kappa shape index (κ2) is 5.02. The third-order valence-electron chi connectivity index (χ3n) is 1.63. The van der Waals surface area contributed by atoms with Gasteiger partial charge in [-0.2, -0.15) is 0 Å². The quantitative estimate of drug-likeness (QED) is 0.594. The molecule has 11 heavy (non-hydrogen) atoms. The van der Waals surface area contributed by atoms with E-state index in [1.54, 1.807) is 0 Å². The Morgan fingerprint density at radius 3 is 2.00 bits per heavy atom. The van der Waals surface area contributed by atoms with Gasteiger partial charge in [0.2, 0.25) is 0 Å². The van der Waals surface area contributed by atoms with E-state index in [-0.39, 0.29) is 18.2 Å². The molecule has 0 saturated heterocycles. The van der Waals surface area contributed by atoms with Gasteiger partial charge in [-0.25, -0.2) is 0 Å². The zero-order chi connectivity index (χ0) is 8.85. The zero-order valence-corrected chi connectivity index (χ0v) is 6.96. The molecule has 0 unspecified atom stereocenters. The predicted octanol–water partition coefficient (Wildman–Crippen LogP) is 0.553. The van der Waals surface area contributed by atoms with Gasteiger partial charge in [0.15, 0.2) is 0 Å². The first-order chi connectivity index (χ1) is 5.09. The van der Waals surface area contributed by atoms with Crippen LogP contribution in [0.15, 0.2) is 0 Å². The van der Waals surface area contributed by atoms with Crippen molar-refractivity contribution in [2.75, 3.05) is 6.61 Å². The summed E-state index contributed by atoms with van der Waals surface area (Å²) >= 11 is 0. The minimum Gasteiger partial charge on any atom is -0.396 e. The number of hydrogen-bond donors (Lipinski definition) is 1. The van der Waals surface area contributed by atoms with Gasteiger partial charge in [-0.1, -0.05) is 0 Å². The molecule has 1 N–H and O–H groups in total. The van der Waals surface area contributed by atoms with Crippen molar-refractivity contribution in [2.45, 2.75) is 26.7 Å². The summed E-state index contributed by atoms with van der Waals surface area (Å²) in [5.41, 5.74) is 0. The molecule has 0 rings (SSSR count). The maximum atomic E-state index is 10.8. The van der Waals surface area contributed by atoms with Crippen molar-refractivity contribution < 1.29 is 14.7 Å². The Morgan fingerprint density at radius 1 is 1.27 bits per heavy atom. The van der Waals surface area contributed by atoms with Gasteiger partial charge in [0.1, 0.15) is 11.6 Å². The first-order valence-electron chi connectivity index (χ1n) is 3.71. The third-order valence-corrected chi connectivity index (χ3v) is 1.63. The van der Waals surface area contributed by atoms with Gasteiger partial charge in [-0.3, -0.25) is 9.59 Å². The van der Waals surface area contributed by atoms with E-state index in [9.17, 15) is 9.59 Å². The molecule has 64 valence electrons. The number of carbonyl (C=O) groups is 2. The van der Waals surface area contributed by atoms with E-state index >= 15 is 0 Å². The average Bonchev–Trinajstić information content (AvgIpc) is 1.87. The van der Waals surface area contributed by atoms with Crippen LogP contribution in [0.2, 0.25) is 0 Å². The van der Waals surface area contributed by atoms with E-state index < -0.39 is 5.92 Å². The lowest BCUT2D eigenvalue weighted by molar-refractivity contribution is -0.130. The summed E-state index contributed by atoms with van der Waals surface area (Å²) in [6.07, 6.45) is 0.991. The van der Waals surface area contributed by atoms with Gasteiger partial charge < -0.3 is 5.11 Å². The smallest absolute Gasteiger partial charge is 0.140 e. The molecular weight excluding hydrogens is 144 g/mol. The lowest BCUT2D eigenvalue weighted by Crippen LogP contribution is -2.19. The van der Waals surface area contributed by atoms with Crippen molar-refractivity contribution in [3.8, 4) is 0 Å². The number of Topliss-reactive ketones (excluding diaryl/α,β-unsaturated/α-hetero) is 2. The van der Waals surface area contributed by atoms with Gasteiger partial charge in [-0.15, -0.1) is 0 Å². The molecule has 0 atom stereocenters. The predicted molar refractivity (Wildman–Crippen MR) is 41.2 cm³/mol. The molecule has 0 aromatic carbocycles. The Morgan fingerprint density at radius 2 is 1.73 bits per heavy atom. The summed E-state index contributed by atoms with van der Waals surface area (Å²) in [7, 11) is 0. The summed E-state index contributed by atoms with van der Waals surface area (Å²) < 4.78 is 0. The molecule has 0 radical (unpaired) electrons. The Labute approximate surface area is 66.4 Å². The topological polar surface area (TPSA) is 54.4 Å². The number of rotatable bonds is 5. The van der Waals surface area contributed by atoms with E-state index in [0.29, 0.717) is 12.8 Å². The van der Waals surface area contributed by atoms with Crippen molar-refractivity contribution in [3.05, 3.63) is 0 Å². The minimum absolute atomic E-state index is 0.0388. The van der Waals surface area contributed by atoms with Gasteiger partial charge in [0, 0.05) is 6.61 Å². The maximum absolute atomic E-state index is 10.8. The molecule has 0 spiro atoms. The van der Waals surface area contributed by atoms with Gasteiger partial charge in [0.05, 0.1) is 5.92 Å². The molecule has 3 nitrogen and oxygen atoms in total. The highest BCUT2D eigenvalue weighted by Gasteiger charge is 2.17. The van der Waals surface area contributed by atoms with Crippen LogP contribution in [0.3, 0.4) is 0 Å². The largest absolute Gasteiger partial charge is 0.396 e. The fourth-order valence-corrected chi connectivity index (χ4v) is 0.988. The number of hydrogen-bond acceptors (Lipinski definition) is 3. The normalized spacial score (nSPS) is 10.2. The van der Waals surface area contributed by atoms with Crippen LogP contribution in [0.1, 0.15) is 26.7 Å². The molecular formula is C8H14O3. The van der Waals surface area contributed by atoms with E-state index in [4.69, 9.17) is 5.11 Å². The Hall–Kier alpha value is -0.700. The third kappa shape index (κ3) is 3.88. The molecule has 0 aliphatic rings. The molecule has 0 aliphatic heterocycles. The number of aliphatic hydroxyl groups excluding tert-OH is 1. The lowest BCUT2D eigenvalue weighted by Gasteiger charge is -2.07. The molecule has 0 fully saturated rings. The molecule has 0 aromatic rings. The van der Waals surface area contributed by atoms with Gasteiger partial charge >= 0.3 is 0 Å². The van der Waals surface area contributed by atoms with Gasteiger partial charge in [0.25, 0.3) is 0 Å². The standard InChI is InChI=1S/C8H14O3/c1-6(10)8(7(2)11)4-3-5-9/h8-9H,3-5H2,1-2H3. The Kier molecular flexibility index (Phi) is 4.70. The Balaban J connectivity index is 3.90. The molecule has 0 heterocycles. The maximum Gasteiger partial charge on any atom is 0.140 e. The zero-order valence-electron chi connectivity index (χ0n) is 6.96. The van der Waals surface area contributed by atoms with Crippen molar-refractivity contribution in [2.24, 2.45) is 5.92 Å². The average molecular weight is 158 g/mol. The molecule has 0 aliphatic carbocycles. The SMILES string of the molecule is CC(=O)C(CCCO)C(C)=O. The monoisotopic (exact) mass is 158 g/mol. The number of aliphatic hydroxyl groups is 1. The Bertz CT molecular complexity index is 137. The highest BCUT2D eigenvalue weighted by molar-refractivity contribution is 6.00. The fraction of sp³-hybridized carbons (Fsp3) is 0.750. The number of carbonyl (C=O) groups excluding carboxylic acids is 2. The van der Waals surface area contributed by atoms with Crippen LogP contribution >= 0.6 is 0 Å². The molecule has 0 amide bonds. The number of ketones is 2.